The Labute approximate surface area is 196 Å². The zero-order valence-electron chi connectivity index (χ0n) is 19.4. The monoisotopic (exact) mass is 457 g/mol. The van der Waals surface area contributed by atoms with E-state index in [2.05, 4.69) is 5.32 Å². The maximum Gasteiger partial charge on any atom is 0.291 e. The van der Waals surface area contributed by atoms with Gasteiger partial charge in [-0.25, -0.2) is 4.39 Å². The van der Waals surface area contributed by atoms with Gasteiger partial charge in [0.05, 0.1) is 12.0 Å². The van der Waals surface area contributed by atoms with Crippen LogP contribution >= 0.6 is 0 Å². The number of Topliss-reactive ketones (excluding diaryl/α,β-unsaturated/α-hetero) is 1. The summed E-state index contributed by atoms with van der Waals surface area (Å²) in [6.45, 7) is 7.46. The third-order valence-corrected chi connectivity index (χ3v) is 6.47. The van der Waals surface area contributed by atoms with E-state index in [0.29, 0.717) is 39.1 Å². The summed E-state index contributed by atoms with van der Waals surface area (Å²) in [5, 5.41) is 3.50. The van der Waals surface area contributed by atoms with Crippen LogP contribution in [-0.2, 0) is 5.60 Å². The topological polar surface area (TPSA) is 68.5 Å². The molecule has 0 saturated carbocycles. The fourth-order valence-corrected chi connectivity index (χ4v) is 4.59. The van der Waals surface area contributed by atoms with Crippen molar-refractivity contribution in [2.45, 2.75) is 39.7 Å². The number of nitrogens with one attached hydrogen (secondary N) is 1. The van der Waals surface area contributed by atoms with Gasteiger partial charge in [-0.1, -0.05) is 24.3 Å². The average Bonchev–Trinajstić information content (AvgIpc) is 3.13. The number of fused-ring (bicyclic) bond motifs is 3. The Balaban J connectivity index is 1.54. The Morgan fingerprint density at radius 2 is 1.76 bits per heavy atom. The number of carbonyl (C=O) groups is 2. The Morgan fingerprint density at radius 1 is 1.03 bits per heavy atom. The molecule has 1 atom stereocenters. The lowest BCUT2D eigenvalue weighted by molar-refractivity contribution is 0.0507. The molecule has 1 amide bonds. The van der Waals surface area contributed by atoms with E-state index in [4.69, 9.17) is 9.15 Å². The summed E-state index contributed by atoms with van der Waals surface area (Å²) in [4.78, 5) is 26.4. The van der Waals surface area contributed by atoms with Crippen LogP contribution in [0.5, 0.6) is 5.75 Å². The van der Waals surface area contributed by atoms with E-state index in [1.165, 1.54) is 12.1 Å². The number of halogens is 1. The highest BCUT2D eigenvalue weighted by Crippen LogP contribution is 2.44. The van der Waals surface area contributed by atoms with Crippen LogP contribution in [0.4, 0.5) is 10.1 Å². The second kappa shape index (κ2) is 7.83. The molecule has 1 aromatic heterocycles. The Morgan fingerprint density at radius 3 is 2.50 bits per heavy atom. The zero-order chi connectivity index (χ0) is 24.2. The molecule has 0 spiro atoms. The Kier molecular flexibility index (Phi) is 5.04. The van der Waals surface area contributed by atoms with Crippen molar-refractivity contribution in [3.63, 3.8) is 0 Å². The molecular weight excluding hydrogens is 433 g/mol. The Bertz CT molecular complexity index is 1470. The number of amides is 1. The van der Waals surface area contributed by atoms with E-state index in [1.54, 1.807) is 31.2 Å². The first-order valence-corrected chi connectivity index (χ1v) is 11.1. The van der Waals surface area contributed by atoms with E-state index in [9.17, 15) is 14.0 Å². The predicted molar refractivity (Wildman–Crippen MR) is 128 cm³/mol. The summed E-state index contributed by atoms with van der Waals surface area (Å²) in [5.41, 5.74) is 3.90. The molecule has 34 heavy (non-hydrogen) atoms. The first-order chi connectivity index (χ1) is 16.2. The quantitative estimate of drug-likeness (QED) is 0.375. The molecule has 0 aliphatic carbocycles. The van der Waals surface area contributed by atoms with Gasteiger partial charge in [-0.2, -0.15) is 0 Å². The standard InChI is InChI=1S/C28H24FNO4/c1-15-5-6-16(2)20(13-15)30-27(32)26-17(3)24-22(33-26)11-12-23-25(24)21(31)14-28(4,34-23)18-7-9-19(29)10-8-18/h5-13H,14H2,1-4H3,(H,30,32). The molecule has 0 radical (unpaired) electrons. The van der Waals surface area contributed by atoms with E-state index < -0.39 is 5.60 Å². The number of ether oxygens (including phenoxy) is 1. The minimum Gasteiger partial charge on any atom is -0.482 e. The number of furan rings is 1. The molecule has 1 aliphatic heterocycles. The van der Waals surface area contributed by atoms with Crippen LogP contribution in [0.25, 0.3) is 11.0 Å². The van der Waals surface area contributed by atoms with Crippen molar-refractivity contribution in [1.29, 1.82) is 0 Å². The van der Waals surface area contributed by atoms with Crippen LogP contribution < -0.4 is 10.1 Å². The van der Waals surface area contributed by atoms with Crippen molar-refractivity contribution >= 4 is 28.3 Å². The molecule has 2 heterocycles. The summed E-state index contributed by atoms with van der Waals surface area (Å²) in [7, 11) is 0. The highest BCUT2D eigenvalue weighted by Gasteiger charge is 2.40. The molecule has 172 valence electrons. The first-order valence-electron chi connectivity index (χ1n) is 11.1. The summed E-state index contributed by atoms with van der Waals surface area (Å²) in [6.07, 6.45) is 0.0827. The minimum atomic E-state index is -0.925. The van der Waals surface area contributed by atoms with E-state index in [1.807, 2.05) is 39.0 Å². The molecule has 4 aromatic rings. The molecule has 0 bridgehead atoms. The molecule has 1 aliphatic rings. The van der Waals surface area contributed by atoms with E-state index in [-0.39, 0.29) is 29.7 Å². The number of carbonyl (C=O) groups excluding carboxylic acids is 2. The fraction of sp³-hybridized carbons (Fsp3) is 0.214. The van der Waals surface area contributed by atoms with Crippen LogP contribution in [0, 0.1) is 26.6 Å². The van der Waals surface area contributed by atoms with Crippen LogP contribution in [0.2, 0.25) is 0 Å². The van der Waals surface area contributed by atoms with Gasteiger partial charge in [0.25, 0.3) is 5.91 Å². The lowest BCUT2D eigenvalue weighted by Gasteiger charge is -2.35. The van der Waals surface area contributed by atoms with Gasteiger partial charge in [-0.05, 0) is 74.7 Å². The molecular formula is C28H24FNO4. The van der Waals surface area contributed by atoms with Crippen molar-refractivity contribution in [2.75, 3.05) is 5.32 Å². The second-order valence-electron chi connectivity index (χ2n) is 9.08. The molecule has 0 fully saturated rings. The highest BCUT2D eigenvalue weighted by atomic mass is 19.1. The number of hydrogen-bond donors (Lipinski definition) is 1. The van der Waals surface area contributed by atoms with Crippen molar-refractivity contribution in [2.24, 2.45) is 0 Å². The minimum absolute atomic E-state index is 0.0827. The fourth-order valence-electron chi connectivity index (χ4n) is 4.59. The van der Waals surface area contributed by atoms with Gasteiger partial charge >= 0.3 is 0 Å². The number of hydrogen-bond acceptors (Lipinski definition) is 4. The van der Waals surface area contributed by atoms with Gasteiger partial charge in [0.15, 0.2) is 11.5 Å². The number of anilines is 1. The van der Waals surface area contributed by atoms with Crippen LogP contribution in [0.15, 0.2) is 59.0 Å². The summed E-state index contributed by atoms with van der Waals surface area (Å²) in [6, 6.07) is 15.2. The third kappa shape index (κ3) is 3.55. The second-order valence-corrected chi connectivity index (χ2v) is 9.08. The number of benzene rings is 3. The molecule has 3 aromatic carbocycles. The normalized spacial score (nSPS) is 17.4. The largest absolute Gasteiger partial charge is 0.482 e. The molecule has 1 N–H and O–H groups in total. The maximum absolute atomic E-state index is 13.4. The van der Waals surface area contributed by atoms with Crippen molar-refractivity contribution in [3.05, 3.63) is 94.0 Å². The van der Waals surface area contributed by atoms with Crippen molar-refractivity contribution in [3.8, 4) is 5.75 Å². The number of rotatable bonds is 3. The van der Waals surface area contributed by atoms with Gasteiger partial charge < -0.3 is 14.5 Å². The predicted octanol–water partition coefficient (Wildman–Crippen LogP) is 6.63. The maximum atomic E-state index is 13.4. The van der Waals surface area contributed by atoms with Crippen molar-refractivity contribution in [1.82, 2.24) is 0 Å². The van der Waals surface area contributed by atoms with Crippen LogP contribution in [0.1, 0.15) is 56.5 Å². The van der Waals surface area contributed by atoms with Gasteiger partial charge in [0.2, 0.25) is 0 Å². The summed E-state index contributed by atoms with van der Waals surface area (Å²) in [5.74, 6) is -0.275. The number of aryl methyl sites for hydroxylation is 3. The van der Waals surface area contributed by atoms with E-state index in [0.717, 1.165) is 11.1 Å². The van der Waals surface area contributed by atoms with Gasteiger partial charge in [0, 0.05) is 16.6 Å². The zero-order valence-corrected chi connectivity index (χ0v) is 19.4. The molecule has 0 saturated heterocycles. The van der Waals surface area contributed by atoms with Crippen LogP contribution in [0.3, 0.4) is 0 Å². The van der Waals surface area contributed by atoms with E-state index >= 15 is 0 Å². The smallest absolute Gasteiger partial charge is 0.291 e. The molecule has 1 unspecified atom stereocenters. The van der Waals surface area contributed by atoms with Crippen LogP contribution in [-0.4, -0.2) is 11.7 Å². The van der Waals surface area contributed by atoms with Gasteiger partial charge in [-0.3, -0.25) is 9.59 Å². The summed E-state index contributed by atoms with van der Waals surface area (Å²) < 4.78 is 25.6. The highest BCUT2D eigenvalue weighted by molar-refractivity contribution is 6.15. The van der Waals surface area contributed by atoms with Gasteiger partial charge in [-0.15, -0.1) is 0 Å². The molecule has 5 nitrogen and oxygen atoms in total. The lowest BCUT2D eigenvalue weighted by Crippen LogP contribution is -2.36. The SMILES string of the molecule is Cc1ccc(C)c(NC(=O)c2oc3ccc4c(c3c2C)C(=O)CC(C)(c2ccc(F)cc2)O4)c1. The summed E-state index contributed by atoms with van der Waals surface area (Å²) >= 11 is 0. The van der Waals surface area contributed by atoms with Gasteiger partial charge in [0.1, 0.15) is 22.8 Å². The molecule has 5 rings (SSSR count). The Hall–Kier alpha value is -3.93. The van der Waals surface area contributed by atoms with Crippen molar-refractivity contribution < 1.29 is 23.1 Å². The first kappa shape index (κ1) is 21.9. The molecule has 6 heteroatoms. The lowest BCUT2D eigenvalue weighted by atomic mass is 9.84. The third-order valence-electron chi connectivity index (χ3n) is 6.47. The average molecular weight is 458 g/mol. The number of ketones is 1.